The molecular formula is C17H35N3O. The smallest absolute Gasteiger partial charge is 0.0777 e. The molecule has 0 aromatic rings. The summed E-state index contributed by atoms with van der Waals surface area (Å²) in [4.78, 5) is 5.25. The normalized spacial score (nSPS) is 31.7. The van der Waals surface area contributed by atoms with Crippen LogP contribution in [0.3, 0.4) is 0 Å². The van der Waals surface area contributed by atoms with Gasteiger partial charge >= 0.3 is 0 Å². The molecule has 4 nitrogen and oxygen atoms in total. The molecule has 2 aliphatic heterocycles. The van der Waals surface area contributed by atoms with Gasteiger partial charge in [0, 0.05) is 32.3 Å². The number of nitrogens with two attached hydrogens (primary N) is 1. The van der Waals surface area contributed by atoms with Gasteiger partial charge in [0.15, 0.2) is 0 Å². The number of methoxy groups -OCH3 is 1. The SMILES string of the molecule is COC1(C)CCCN(C2(CN)CCN(CC(C)C)CC2)C1. The lowest BCUT2D eigenvalue weighted by Gasteiger charge is -2.53. The molecule has 2 fully saturated rings. The Morgan fingerprint density at radius 2 is 1.81 bits per heavy atom. The van der Waals surface area contributed by atoms with Gasteiger partial charge in [0.05, 0.1) is 5.60 Å². The van der Waals surface area contributed by atoms with E-state index in [1.165, 1.54) is 51.9 Å². The van der Waals surface area contributed by atoms with E-state index < -0.39 is 0 Å². The molecule has 2 N–H and O–H groups in total. The van der Waals surface area contributed by atoms with Gasteiger partial charge in [0.2, 0.25) is 0 Å². The average Bonchev–Trinajstić information content (AvgIpc) is 2.48. The Labute approximate surface area is 131 Å². The summed E-state index contributed by atoms with van der Waals surface area (Å²) in [6, 6.07) is 0. The summed E-state index contributed by atoms with van der Waals surface area (Å²) in [5.41, 5.74) is 6.46. The molecule has 2 aliphatic rings. The predicted octanol–water partition coefficient (Wildman–Crippen LogP) is 1.94. The van der Waals surface area contributed by atoms with Crippen molar-refractivity contribution in [2.24, 2.45) is 11.7 Å². The first-order valence-electron chi connectivity index (χ1n) is 8.66. The lowest BCUT2D eigenvalue weighted by atomic mass is 9.81. The van der Waals surface area contributed by atoms with Gasteiger partial charge < -0.3 is 15.4 Å². The highest BCUT2D eigenvalue weighted by atomic mass is 16.5. The van der Waals surface area contributed by atoms with Gasteiger partial charge in [-0.15, -0.1) is 0 Å². The largest absolute Gasteiger partial charge is 0.377 e. The second kappa shape index (κ2) is 6.95. The molecule has 0 aromatic carbocycles. The molecular weight excluding hydrogens is 262 g/mol. The Balaban J connectivity index is 1.99. The van der Waals surface area contributed by atoms with Crippen LogP contribution in [0.4, 0.5) is 0 Å². The number of ether oxygens (including phenoxy) is 1. The van der Waals surface area contributed by atoms with E-state index in [1.54, 1.807) is 0 Å². The van der Waals surface area contributed by atoms with Crippen molar-refractivity contribution in [1.29, 1.82) is 0 Å². The van der Waals surface area contributed by atoms with Gasteiger partial charge in [-0.05, 0) is 58.2 Å². The molecule has 0 spiro atoms. The Kier molecular flexibility index (Phi) is 5.69. The number of piperidine rings is 2. The molecule has 0 amide bonds. The highest BCUT2D eigenvalue weighted by Crippen LogP contribution is 2.34. The van der Waals surface area contributed by atoms with Crippen LogP contribution in [0, 0.1) is 5.92 Å². The maximum absolute atomic E-state index is 6.24. The minimum Gasteiger partial charge on any atom is -0.377 e. The van der Waals surface area contributed by atoms with Crippen LogP contribution in [0.1, 0.15) is 46.5 Å². The molecule has 2 heterocycles. The highest BCUT2D eigenvalue weighted by molar-refractivity contribution is 5.00. The second-order valence-corrected chi connectivity index (χ2v) is 7.80. The average molecular weight is 297 g/mol. The first kappa shape index (κ1) is 17.2. The molecule has 0 aromatic heterocycles. The molecule has 2 saturated heterocycles. The Morgan fingerprint density at radius 1 is 1.14 bits per heavy atom. The molecule has 124 valence electrons. The van der Waals surface area contributed by atoms with E-state index in [-0.39, 0.29) is 11.1 Å². The molecule has 0 aliphatic carbocycles. The minimum atomic E-state index is 0.00941. The van der Waals surface area contributed by atoms with Crippen LogP contribution < -0.4 is 5.73 Å². The van der Waals surface area contributed by atoms with Crippen molar-refractivity contribution in [2.75, 3.05) is 46.4 Å². The van der Waals surface area contributed by atoms with Gasteiger partial charge in [0.25, 0.3) is 0 Å². The molecule has 1 unspecified atom stereocenters. The van der Waals surface area contributed by atoms with Crippen LogP contribution in [0.25, 0.3) is 0 Å². The van der Waals surface area contributed by atoms with Crippen molar-refractivity contribution in [3.05, 3.63) is 0 Å². The molecule has 2 rings (SSSR count). The Bertz CT molecular complexity index is 326. The van der Waals surface area contributed by atoms with E-state index in [0.29, 0.717) is 0 Å². The minimum absolute atomic E-state index is 0.00941. The third-order valence-corrected chi connectivity index (χ3v) is 5.61. The van der Waals surface area contributed by atoms with Crippen molar-refractivity contribution in [1.82, 2.24) is 9.80 Å². The van der Waals surface area contributed by atoms with Gasteiger partial charge in [-0.1, -0.05) is 13.8 Å². The topological polar surface area (TPSA) is 41.7 Å². The number of hydrogen-bond donors (Lipinski definition) is 1. The maximum atomic E-state index is 6.24. The molecule has 0 saturated carbocycles. The summed E-state index contributed by atoms with van der Waals surface area (Å²) in [6.07, 6.45) is 4.80. The lowest BCUT2D eigenvalue weighted by Crippen LogP contribution is -2.64. The number of likely N-dealkylation sites (tertiary alicyclic amines) is 2. The zero-order valence-corrected chi connectivity index (χ0v) is 14.5. The molecule has 0 radical (unpaired) electrons. The molecule has 21 heavy (non-hydrogen) atoms. The summed E-state index contributed by atoms with van der Waals surface area (Å²) >= 11 is 0. The van der Waals surface area contributed by atoms with Crippen LogP contribution in [0.15, 0.2) is 0 Å². The molecule has 0 bridgehead atoms. The number of hydrogen-bond acceptors (Lipinski definition) is 4. The summed E-state index contributed by atoms with van der Waals surface area (Å²) in [5, 5.41) is 0. The zero-order chi connectivity index (χ0) is 15.5. The van der Waals surface area contributed by atoms with E-state index in [1.807, 2.05) is 7.11 Å². The van der Waals surface area contributed by atoms with E-state index in [9.17, 15) is 0 Å². The summed E-state index contributed by atoms with van der Waals surface area (Å²) < 4.78 is 5.77. The monoisotopic (exact) mass is 297 g/mol. The zero-order valence-electron chi connectivity index (χ0n) is 14.5. The van der Waals surface area contributed by atoms with Gasteiger partial charge in [-0.2, -0.15) is 0 Å². The maximum Gasteiger partial charge on any atom is 0.0777 e. The predicted molar refractivity (Wildman–Crippen MR) is 88.5 cm³/mol. The van der Waals surface area contributed by atoms with Crippen molar-refractivity contribution < 1.29 is 4.74 Å². The third-order valence-electron chi connectivity index (χ3n) is 5.61. The van der Waals surface area contributed by atoms with Gasteiger partial charge in [-0.25, -0.2) is 0 Å². The van der Waals surface area contributed by atoms with Gasteiger partial charge in [-0.3, -0.25) is 4.90 Å². The number of nitrogens with zero attached hydrogens (tertiary/aromatic N) is 2. The molecule has 1 atom stereocenters. The van der Waals surface area contributed by atoms with E-state index in [4.69, 9.17) is 10.5 Å². The fraction of sp³-hybridized carbons (Fsp3) is 1.00. The quantitative estimate of drug-likeness (QED) is 0.842. The first-order valence-corrected chi connectivity index (χ1v) is 8.66. The summed E-state index contributed by atoms with van der Waals surface area (Å²) in [7, 11) is 1.85. The van der Waals surface area contributed by atoms with E-state index in [0.717, 1.165) is 19.0 Å². The van der Waals surface area contributed by atoms with Crippen molar-refractivity contribution in [3.8, 4) is 0 Å². The summed E-state index contributed by atoms with van der Waals surface area (Å²) in [6.45, 7) is 13.4. The second-order valence-electron chi connectivity index (χ2n) is 7.80. The van der Waals surface area contributed by atoms with Crippen LogP contribution >= 0.6 is 0 Å². The van der Waals surface area contributed by atoms with Crippen LogP contribution in [-0.2, 0) is 4.74 Å². The lowest BCUT2D eigenvalue weighted by molar-refractivity contribution is -0.0917. The third kappa shape index (κ3) is 3.98. The molecule has 4 heteroatoms. The van der Waals surface area contributed by atoms with Crippen molar-refractivity contribution in [2.45, 2.75) is 57.6 Å². The Hall–Kier alpha value is -0.160. The van der Waals surface area contributed by atoms with Crippen LogP contribution in [0.2, 0.25) is 0 Å². The van der Waals surface area contributed by atoms with Crippen LogP contribution in [0.5, 0.6) is 0 Å². The number of rotatable bonds is 5. The van der Waals surface area contributed by atoms with Crippen LogP contribution in [-0.4, -0.2) is 67.3 Å². The van der Waals surface area contributed by atoms with E-state index >= 15 is 0 Å². The Morgan fingerprint density at radius 3 is 2.33 bits per heavy atom. The standard InChI is InChI=1S/C17H35N3O/c1-15(2)12-19-10-7-17(13-18,8-11-19)20-9-5-6-16(3,14-20)21-4/h15H,5-14,18H2,1-4H3. The fourth-order valence-electron chi connectivity index (χ4n) is 4.09. The van der Waals surface area contributed by atoms with Crippen molar-refractivity contribution in [3.63, 3.8) is 0 Å². The fourth-order valence-corrected chi connectivity index (χ4v) is 4.09. The first-order chi connectivity index (χ1) is 9.93. The highest BCUT2D eigenvalue weighted by Gasteiger charge is 2.43. The van der Waals surface area contributed by atoms with Crippen molar-refractivity contribution >= 4 is 0 Å². The van der Waals surface area contributed by atoms with Gasteiger partial charge in [0.1, 0.15) is 0 Å². The van der Waals surface area contributed by atoms with E-state index in [2.05, 4.69) is 30.6 Å². The summed E-state index contributed by atoms with van der Waals surface area (Å²) in [5.74, 6) is 0.752.